The fraction of sp³-hybridized carbons (Fsp3) is 0.296. The number of hydrogen-bond donors (Lipinski definition) is 1. The Bertz CT molecular complexity index is 1250. The van der Waals surface area contributed by atoms with Crippen LogP contribution in [0.3, 0.4) is 0 Å². The number of nitriles is 1. The van der Waals surface area contributed by atoms with Gasteiger partial charge in [0.2, 0.25) is 0 Å². The molecular formula is C27H26FN5O. The standard InChI is InChI=1S/C27H26FN5O/c1-18-8-22(11-23(28)9-18)24-16-31-15-21(3-2-19-10-20(12-29)14-30-13-19)27(24)33-6-4-25-26(17-33)34-7-5-32-25/h2-3,8-11,13-16,25-26,32H,4-7,17H2,1H3/b3-2+/t25-,26-/m0/s1. The van der Waals surface area contributed by atoms with Gasteiger partial charge in [-0.3, -0.25) is 9.97 Å². The monoisotopic (exact) mass is 455 g/mol. The zero-order chi connectivity index (χ0) is 23.5. The van der Waals surface area contributed by atoms with Crippen LogP contribution in [-0.2, 0) is 4.74 Å². The number of benzene rings is 1. The van der Waals surface area contributed by atoms with Gasteiger partial charge < -0.3 is 15.0 Å². The summed E-state index contributed by atoms with van der Waals surface area (Å²) in [6, 6.07) is 9.35. The van der Waals surface area contributed by atoms with E-state index in [0.717, 1.165) is 59.6 Å². The van der Waals surface area contributed by atoms with Gasteiger partial charge in [-0.05, 0) is 48.2 Å². The quantitative estimate of drug-likeness (QED) is 0.636. The maximum absolute atomic E-state index is 14.3. The van der Waals surface area contributed by atoms with Crippen molar-refractivity contribution in [2.75, 3.05) is 31.1 Å². The van der Waals surface area contributed by atoms with Crippen molar-refractivity contribution in [3.05, 3.63) is 77.1 Å². The summed E-state index contributed by atoms with van der Waals surface area (Å²) in [5.41, 5.74) is 5.81. The first kappa shape index (κ1) is 22.2. The third-order valence-electron chi connectivity index (χ3n) is 6.36. The molecule has 4 heterocycles. The minimum Gasteiger partial charge on any atom is -0.373 e. The summed E-state index contributed by atoms with van der Waals surface area (Å²) in [5, 5.41) is 12.8. The molecule has 3 aromatic rings. The molecule has 0 spiro atoms. The van der Waals surface area contributed by atoms with E-state index in [4.69, 9.17) is 4.74 Å². The lowest BCUT2D eigenvalue weighted by molar-refractivity contribution is -0.00901. The van der Waals surface area contributed by atoms with E-state index in [1.807, 2.05) is 37.5 Å². The minimum atomic E-state index is -0.264. The summed E-state index contributed by atoms with van der Waals surface area (Å²) in [6.45, 7) is 5.08. The maximum Gasteiger partial charge on any atom is 0.124 e. The molecule has 2 fully saturated rings. The molecule has 5 rings (SSSR count). The Labute approximate surface area is 198 Å². The summed E-state index contributed by atoms with van der Waals surface area (Å²) < 4.78 is 20.4. The van der Waals surface area contributed by atoms with E-state index in [0.29, 0.717) is 18.2 Å². The van der Waals surface area contributed by atoms with E-state index in [2.05, 4.69) is 26.3 Å². The van der Waals surface area contributed by atoms with Crippen LogP contribution in [0, 0.1) is 24.1 Å². The van der Waals surface area contributed by atoms with Crippen LogP contribution < -0.4 is 10.2 Å². The van der Waals surface area contributed by atoms with E-state index in [1.165, 1.54) is 6.07 Å². The average molecular weight is 456 g/mol. The van der Waals surface area contributed by atoms with Crippen LogP contribution in [0.15, 0.2) is 49.1 Å². The molecule has 0 radical (unpaired) electrons. The van der Waals surface area contributed by atoms with E-state index in [1.54, 1.807) is 24.5 Å². The van der Waals surface area contributed by atoms with Gasteiger partial charge in [-0.15, -0.1) is 0 Å². The molecular weight excluding hydrogens is 429 g/mol. The number of fused-ring (bicyclic) bond motifs is 1. The van der Waals surface area contributed by atoms with E-state index < -0.39 is 0 Å². The number of aromatic nitrogens is 2. The largest absolute Gasteiger partial charge is 0.373 e. The Morgan fingerprint density at radius 1 is 1.15 bits per heavy atom. The molecule has 7 heteroatoms. The summed E-state index contributed by atoms with van der Waals surface area (Å²) in [4.78, 5) is 11.0. The summed E-state index contributed by atoms with van der Waals surface area (Å²) in [7, 11) is 0. The second-order valence-corrected chi connectivity index (χ2v) is 8.80. The molecule has 34 heavy (non-hydrogen) atoms. The molecule has 0 amide bonds. The van der Waals surface area contributed by atoms with Gasteiger partial charge >= 0.3 is 0 Å². The van der Waals surface area contributed by atoms with Gasteiger partial charge in [0.05, 0.1) is 24.0 Å². The number of aryl methyl sites for hydroxylation is 1. The maximum atomic E-state index is 14.3. The molecule has 1 aromatic carbocycles. The predicted octanol–water partition coefficient (Wildman–Crippen LogP) is 4.20. The van der Waals surface area contributed by atoms with Crippen LogP contribution in [0.1, 0.15) is 28.7 Å². The van der Waals surface area contributed by atoms with Crippen molar-refractivity contribution in [1.82, 2.24) is 15.3 Å². The number of piperidine rings is 1. The Morgan fingerprint density at radius 2 is 2.03 bits per heavy atom. The Kier molecular flexibility index (Phi) is 6.35. The van der Waals surface area contributed by atoms with Crippen molar-refractivity contribution in [3.63, 3.8) is 0 Å². The molecule has 2 aliphatic heterocycles. The molecule has 0 unspecified atom stereocenters. The fourth-order valence-corrected chi connectivity index (χ4v) is 4.82. The van der Waals surface area contributed by atoms with Crippen LogP contribution in [-0.4, -0.2) is 48.4 Å². The molecule has 2 aromatic heterocycles. The first-order valence-electron chi connectivity index (χ1n) is 11.5. The van der Waals surface area contributed by atoms with Gasteiger partial charge in [-0.2, -0.15) is 5.26 Å². The highest BCUT2D eigenvalue weighted by Gasteiger charge is 2.33. The Morgan fingerprint density at radius 3 is 2.88 bits per heavy atom. The smallest absolute Gasteiger partial charge is 0.124 e. The second kappa shape index (κ2) is 9.72. The number of nitrogens with zero attached hydrogens (tertiary/aromatic N) is 4. The van der Waals surface area contributed by atoms with Crippen molar-refractivity contribution >= 4 is 17.8 Å². The van der Waals surface area contributed by atoms with E-state index in [-0.39, 0.29) is 11.9 Å². The Hall–Kier alpha value is -3.60. The van der Waals surface area contributed by atoms with Crippen molar-refractivity contribution in [2.45, 2.75) is 25.5 Å². The van der Waals surface area contributed by atoms with E-state index >= 15 is 0 Å². The number of pyridine rings is 2. The second-order valence-electron chi connectivity index (χ2n) is 8.80. The molecule has 0 saturated carbocycles. The lowest BCUT2D eigenvalue weighted by atomic mass is 9.95. The third kappa shape index (κ3) is 4.69. The van der Waals surface area contributed by atoms with Crippen molar-refractivity contribution < 1.29 is 9.13 Å². The highest BCUT2D eigenvalue weighted by molar-refractivity contribution is 5.87. The average Bonchev–Trinajstić information content (AvgIpc) is 2.86. The lowest BCUT2D eigenvalue weighted by Gasteiger charge is -2.43. The first-order valence-corrected chi connectivity index (χ1v) is 11.5. The summed E-state index contributed by atoms with van der Waals surface area (Å²) in [5.74, 6) is -0.264. The van der Waals surface area contributed by atoms with Gasteiger partial charge in [0, 0.05) is 61.6 Å². The molecule has 2 aliphatic rings. The Balaban J connectivity index is 1.58. The normalized spacial score (nSPS) is 20.2. The van der Waals surface area contributed by atoms with Crippen LogP contribution in [0.5, 0.6) is 0 Å². The molecule has 2 saturated heterocycles. The lowest BCUT2D eigenvalue weighted by Crippen LogP contribution is -2.58. The zero-order valence-corrected chi connectivity index (χ0v) is 19.0. The van der Waals surface area contributed by atoms with Gasteiger partial charge in [-0.1, -0.05) is 18.2 Å². The molecule has 2 atom stereocenters. The number of halogens is 1. The molecule has 0 aliphatic carbocycles. The highest BCUT2D eigenvalue weighted by atomic mass is 19.1. The van der Waals surface area contributed by atoms with Gasteiger partial charge in [-0.25, -0.2) is 4.39 Å². The van der Waals surface area contributed by atoms with Gasteiger partial charge in [0.25, 0.3) is 0 Å². The fourth-order valence-electron chi connectivity index (χ4n) is 4.82. The zero-order valence-electron chi connectivity index (χ0n) is 19.0. The number of rotatable bonds is 4. The molecule has 1 N–H and O–H groups in total. The van der Waals surface area contributed by atoms with Crippen LogP contribution in [0.25, 0.3) is 23.3 Å². The highest BCUT2D eigenvalue weighted by Crippen LogP contribution is 2.37. The van der Waals surface area contributed by atoms with Crippen LogP contribution >= 0.6 is 0 Å². The summed E-state index contributed by atoms with van der Waals surface area (Å²) in [6.07, 6.45) is 11.9. The number of hydrogen-bond acceptors (Lipinski definition) is 6. The molecule has 172 valence electrons. The van der Waals surface area contributed by atoms with Crippen molar-refractivity contribution in [3.8, 4) is 17.2 Å². The molecule has 0 bridgehead atoms. The minimum absolute atomic E-state index is 0.103. The van der Waals surface area contributed by atoms with Crippen LogP contribution in [0.4, 0.5) is 10.1 Å². The molecule has 6 nitrogen and oxygen atoms in total. The number of nitrogens with one attached hydrogen (secondary N) is 1. The van der Waals surface area contributed by atoms with Crippen LogP contribution in [0.2, 0.25) is 0 Å². The van der Waals surface area contributed by atoms with Crippen molar-refractivity contribution in [1.29, 1.82) is 5.26 Å². The van der Waals surface area contributed by atoms with E-state index in [9.17, 15) is 9.65 Å². The SMILES string of the molecule is Cc1cc(F)cc(-c2cncc(/C=C/c3cncc(C#N)c3)c2N2CC[C@@H]3NCCO[C@H]3C2)c1. The number of ether oxygens (including phenoxy) is 1. The summed E-state index contributed by atoms with van der Waals surface area (Å²) >= 11 is 0. The van der Waals surface area contributed by atoms with Gasteiger partial charge in [0.1, 0.15) is 11.9 Å². The third-order valence-corrected chi connectivity index (χ3v) is 6.36. The number of morpholine rings is 1. The van der Waals surface area contributed by atoms with Crippen molar-refractivity contribution in [2.24, 2.45) is 0 Å². The number of anilines is 1. The topological polar surface area (TPSA) is 74.1 Å². The predicted molar refractivity (Wildman–Crippen MR) is 131 cm³/mol. The van der Waals surface area contributed by atoms with Gasteiger partial charge in [0.15, 0.2) is 0 Å². The first-order chi connectivity index (χ1) is 16.6.